The van der Waals surface area contributed by atoms with Gasteiger partial charge in [0.05, 0.1) is 22.5 Å². The van der Waals surface area contributed by atoms with Gasteiger partial charge in [0.1, 0.15) is 12.1 Å². The van der Waals surface area contributed by atoms with Crippen LogP contribution in [0.4, 0.5) is 18.9 Å². The summed E-state index contributed by atoms with van der Waals surface area (Å²) < 4.78 is 42.9. The number of anilines is 1. The first-order valence-corrected chi connectivity index (χ1v) is 10.8. The number of aromatic nitrogens is 6. The summed E-state index contributed by atoms with van der Waals surface area (Å²) in [5, 5.41) is 19.4. The zero-order valence-electron chi connectivity index (χ0n) is 17.2. The van der Waals surface area contributed by atoms with Crippen molar-refractivity contribution in [3.63, 3.8) is 0 Å². The molecule has 0 atom stereocenters. The molecule has 1 N–H and O–H groups in total. The fraction of sp³-hybridized carbons (Fsp3) is 0.190. The second-order valence-electron chi connectivity index (χ2n) is 6.91. The number of amides is 1. The first-order valence-electron chi connectivity index (χ1n) is 9.77. The fourth-order valence-electron chi connectivity index (χ4n) is 3.18. The lowest BCUT2D eigenvalue weighted by Crippen LogP contribution is -2.18. The third kappa shape index (κ3) is 5.06. The number of rotatable bonds is 8. The van der Waals surface area contributed by atoms with E-state index in [1.54, 1.807) is 15.3 Å². The Labute approximate surface area is 190 Å². The van der Waals surface area contributed by atoms with E-state index in [0.29, 0.717) is 24.1 Å². The van der Waals surface area contributed by atoms with Crippen LogP contribution in [0, 0.1) is 0 Å². The van der Waals surface area contributed by atoms with Gasteiger partial charge < -0.3 is 9.88 Å². The molecule has 0 unspecified atom stereocenters. The third-order valence-electron chi connectivity index (χ3n) is 4.66. The lowest BCUT2D eigenvalue weighted by atomic mass is 10.1. The highest BCUT2D eigenvalue weighted by Gasteiger charge is 2.33. The average Bonchev–Trinajstić information content (AvgIpc) is 3.37. The first-order chi connectivity index (χ1) is 15.9. The third-order valence-corrected chi connectivity index (χ3v) is 5.62. The van der Waals surface area contributed by atoms with Crippen LogP contribution in [0.1, 0.15) is 11.4 Å². The highest BCUT2D eigenvalue weighted by atomic mass is 32.2. The van der Waals surface area contributed by atoms with Crippen molar-refractivity contribution in [1.29, 1.82) is 0 Å². The van der Waals surface area contributed by atoms with Gasteiger partial charge in [-0.1, -0.05) is 47.3 Å². The van der Waals surface area contributed by atoms with Gasteiger partial charge in [-0.3, -0.25) is 4.79 Å². The predicted molar refractivity (Wildman–Crippen MR) is 118 cm³/mol. The van der Waals surface area contributed by atoms with E-state index < -0.39 is 17.6 Å². The monoisotopic (exact) mass is 473 g/mol. The molecule has 4 aromatic rings. The lowest BCUT2D eigenvalue weighted by Gasteiger charge is -2.13. The Hall–Kier alpha value is -3.67. The largest absolute Gasteiger partial charge is 0.418 e. The number of hydrogen-bond acceptors (Lipinski definition) is 6. The molecule has 33 heavy (non-hydrogen) atoms. The number of carbonyl (C=O) groups is 1. The number of allylic oxidation sites excluding steroid dienone is 1. The molecule has 12 heteroatoms. The molecule has 0 radical (unpaired) electrons. The van der Waals surface area contributed by atoms with E-state index in [1.165, 1.54) is 18.2 Å². The van der Waals surface area contributed by atoms with Crippen LogP contribution in [0.3, 0.4) is 0 Å². The van der Waals surface area contributed by atoms with Gasteiger partial charge in [-0.05, 0) is 24.3 Å². The summed E-state index contributed by atoms with van der Waals surface area (Å²) in [6, 6.07) is 12.3. The molecule has 0 fully saturated rings. The Morgan fingerprint density at radius 3 is 2.64 bits per heavy atom. The van der Waals surface area contributed by atoms with Crippen LogP contribution in [-0.2, 0) is 24.1 Å². The summed E-state index contributed by atoms with van der Waals surface area (Å²) in [7, 11) is 0. The Morgan fingerprint density at radius 2 is 1.85 bits per heavy atom. The zero-order valence-corrected chi connectivity index (χ0v) is 18.0. The Kier molecular flexibility index (Phi) is 6.45. The summed E-state index contributed by atoms with van der Waals surface area (Å²) in [4.78, 5) is 12.3. The number of halogens is 3. The Balaban J connectivity index is 1.47. The number of nitrogens with zero attached hydrogens (tertiary/aromatic N) is 6. The van der Waals surface area contributed by atoms with Crippen LogP contribution in [0.25, 0.3) is 11.0 Å². The summed E-state index contributed by atoms with van der Waals surface area (Å²) in [5.74, 6) is -0.155. The Bertz CT molecular complexity index is 1300. The molecular weight excluding hydrogens is 455 g/mol. The molecular formula is C21H18F3N7OS. The molecule has 2 aromatic carbocycles. The van der Waals surface area contributed by atoms with Gasteiger partial charge in [-0.25, -0.2) is 4.68 Å². The zero-order chi connectivity index (χ0) is 23.4. The maximum Gasteiger partial charge on any atom is 0.418 e. The summed E-state index contributed by atoms with van der Waals surface area (Å²) in [5.41, 5.74) is 0.391. The number of thioether (sulfide) groups is 1. The fourth-order valence-corrected chi connectivity index (χ4v) is 3.95. The average molecular weight is 473 g/mol. The van der Waals surface area contributed by atoms with Crippen molar-refractivity contribution in [3.05, 3.63) is 72.6 Å². The van der Waals surface area contributed by atoms with Crippen LogP contribution in [0.15, 0.2) is 66.3 Å². The molecule has 0 aliphatic carbocycles. The van der Waals surface area contributed by atoms with Crippen molar-refractivity contribution in [1.82, 2.24) is 29.8 Å². The van der Waals surface area contributed by atoms with E-state index in [4.69, 9.17) is 0 Å². The number of nitrogens with one attached hydrogen (secondary N) is 1. The van der Waals surface area contributed by atoms with E-state index in [9.17, 15) is 18.0 Å². The maximum atomic E-state index is 13.1. The van der Waals surface area contributed by atoms with Crippen LogP contribution < -0.4 is 5.32 Å². The van der Waals surface area contributed by atoms with Crippen LogP contribution in [-0.4, -0.2) is 41.4 Å². The van der Waals surface area contributed by atoms with E-state index in [0.717, 1.165) is 28.9 Å². The molecule has 0 aliphatic heterocycles. The van der Waals surface area contributed by atoms with Gasteiger partial charge in [0, 0.05) is 6.54 Å². The normalized spacial score (nSPS) is 11.6. The van der Waals surface area contributed by atoms with E-state index in [-0.39, 0.29) is 11.4 Å². The van der Waals surface area contributed by atoms with Crippen molar-refractivity contribution in [2.75, 3.05) is 11.1 Å². The minimum Gasteiger partial charge on any atom is -0.325 e. The van der Waals surface area contributed by atoms with Crippen molar-refractivity contribution in [2.45, 2.75) is 24.4 Å². The molecule has 2 heterocycles. The number of benzene rings is 2. The Morgan fingerprint density at radius 1 is 1.09 bits per heavy atom. The molecule has 0 spiro atoms. The van der Waals surface area contributed by atoms with Gasteiger partial charge in [0.25, 0.3) is 0 Å². The minimum atomic E-state index is -4.57. The molecule has 2 aromatic heterocycles. The number of fused-ring (bicyclic) bond motifs is 1. The molecule has 1 amide bonds. The second kappa shape index (κ2) is 9.45. The van der Waals surface area contributed by atoms with E-state index in [1.807, 2.05) is 24.3 Å². The minimum absolute atomic E-state index is 0.145. The van der Waals surface area contributed by atoms with Crippen molar-refractivity contribution in [3.8, 4) is 0 Å². The van der Waals surface area contributed by atoms with Crippen LogP contribution in [0.5, 0.6) is 0 Å². The topological polar surface area (TPSA) is 90.5 Å². The summed E-state index contributed by atoms with van der Waals surface area (Å²) in [6.45, 7) is 4.43. The first kappa shape index (κ1) is 22.5. The quantitative estimate of drug-likeness (QED) is 0.307. The summed E-state index contributed by atoms with van der Waals surface area (Å²) in [6.07, 6.45) is -2.91. The SMILES string of the molecule is C=CCn1c(Cn2nnc3ccccc32)nnc1SCC(=O)Nc1ccccc1C(F)(F)F. The van der Waals surface area contributed by atoms with Gasteiger partial charge in [0.2, 0.25) is 5.91 Å². The number of carbonyl (C=O) groups excluding carboxylic acids is 1. The standard InChI is InChI=1S/C21H18F3N7OS/c1-2-11-30-18(12-31-17-10-6-5-9-16(17)26-29-31)27-28-20(30)33-13-19(32)25-15-8-4-3-7-14(15)21(22,23)24/h2-10H,1,11-13H2,(H,25,32). The van der Waals surface area contributed by atoms with Gasteiger partial charge in [-0.2, -0.15) is 13.2 Å². The number of alkyl halides is 3. The lowest BCUT2D eigenvalue weighted by molar-refractivity contribution is -0.137. The van der Waals surface area contributed by atoms with E-state index >= 15 is 0 Å². The molecule has 8 nitrogen and oxygen atoms in total. The number of hydrogen-bond donors (Lipinski definition) is 1. The highest BCUT2D eigenvalue weighted by molar-refractivity contribution is 7.99. The number of para-hydroxylation sites is 2. The molecule has 170 valence electrons. The summed E-state index contributed by atoms with van der Waals surface area (Å²) >= 11 is 1.07. The van der Waals surface area contributed by atoms with Gasteiger partial charge in [-0.15, -0.1) is 21.9 Å². The van der Waals surface area contributed by atoms with Crippen molar-refractivity contribution < 1.29 is 18.0 Å². The van der Waals surface area contributed by atoms with Crippen LogP contribution >= 0.6 is 11.8 Å². The van der Waals surface area contributed by atoms with E-state index in [2.05, 4.69) is 32.4 Å². The second-order valence-corrected chi connectivity index (χ2v) is 7.86. The maximum absolute atomic E-state index is 13.1. The molecule has 0 aliphatic rings. The highest BCUT2D eigenvalue weighted by Crippen LogP contribution is 2.34. The van der Waals surface area contributed by atoms with Gasteiger partial charge in [0.15, 0.2) is 11.0 Å². The molecule has 4 rings (SSSR count). The smallest absolute Gasteiger partial charge is 0.325 e. The van der Waals surface area contributed by atoms with Crippen LogP contribution in [0.2, 0.25) is 0 Å². The molecule has 0 saturated carbocycles. The van der Waals surface area contributed by atoms with Gasteiger partial charge >= 0.3 is 6.18 Å². The predicted octanol–water partition coefficient (Wildman–Crippen LogP) is 4.01. The van der Waals surface area contributed by atoms with Crippen molar-refractivity contribution in [2.24, 2.45) is 0 Å². The molecule has 0 bridgehead atoms. The molecule has 0 saturated heterocycles. The van der Waals surface area contributed by atoms with Crippen molar-refractivity contribution >= 4 is 34.4 Å².